The predicted octanol–water partition coefficient (Wildman–Crippen LogP) is 1.13. The zero-order valence-electron chi connectivity index (χ0n) is 17.8. The molecule has 0 bridgehead atoms. The van der Waals surface area contributed by atoms with E-state index in [0.717, 1.165) is 10.1 Å². The summed E-state index contributed by atoms with van der Waals surface area (Å²) in [5.74, 6) is -0.453. The maximum Gasteiger partial charge on any atom is 0.360 e. The van der Waals surface area contributed by atoms with E-state index < -0.39 is 17.2 Å². The van der Waals surface area contributed by atoms with Crippen LogP contribution in [-0.2, 0) is 22.6 Å². The molecule has 0 aliphatic heterocycles. The lowest BCUT2D eigenvalue weighted by molar-refractivity contribution is 0.0594. The molecule has 3 aromatic heterocycles. The van der Waals surface area contributed by atoms with Gasteiger partial charge in [-0.05, 0) is 19.1 Å². The molecule has 11 heteroatoms. The molecular formula is C21H21N5O6. The Morgan fingerprint density at radius 3 is 2.59 bits per heavy atom. The Morgan fingerprint density at radius 1 is 1.16 bits per heavy atom. The first-order valence-electron chi connectivity index (χ1n) is 9.74. The lowest BCUT2D eigenvalue weighted by Gasteiger charge is -2.12. The predicted molar refractivity (Wildman–Crippen MR) is 113 cm³/mol. The Balaban J connectivity index is 1.89. The van der Waals surface area contributed by atoms with Crippen molar-refractivity contribution in [3.8, 4) is 5.69 Å². The van der Waals surface area contributed by atoms with Crippen molar-refractivity contribution in [1.82, 2.24) is 23.7 Å². The normalized spacial score (nSPS) is 11.2. The van der Waals surface area contributed by atoms with Crippen molar-refractivity contribution in [2.24, 2.45) is 0 Å². The molecule has 3 heterocycles. The molecular weight excluding hydrogens is 418 g/mol. The summed E-state index contributed by atoms with van der Waals surface area (Å²) < 4.78 is 19.1. The molecule has 0 saturated heterocycles. The minimum Gasteiger partial charge on any atom is -0.464 e. The Labute approximate surface area is 181 Å². The smallest absolute Gasteiger partial charge is 0.360 e. The standard InChI is InChI=1S/C21H21N5O6/c1-13-4-6-14(7-5-13)26-18-17(19(27)25(21(26)29)8-9-30-2)24(12-22-18)10-16-23-15(11-32-16)20(28)31-3/h4-7,11-12H,8-10H2,1-3H3. The monoisotopic (exact) mass is 439 g/mol. The molecule has 0 saturated carbocycles. The molecule has 166 valence electrons. The van der Waals surface area contributed by atoms with E-state index in [-0.39, 0.29) is 42.4 Å². The van der Waals surface area contributed by atoms with Crippen LogP contribution in [0.1, 0.15) is 21.9 Å². The summed E-state index contributed by atoms with van der Waals surface area (Å²) in [4.78, 5) is 46.5. The van der Waals surface area contributed by atoms with Crippen LogP contribution >= 0.6 is 0 Å². The number of nitrogens with zero attached hydrogens (tertiary/aromatic N) is 5. The van der Waals surface area contributed by atoms with Gasteiger partial charge in [0.2, 0.25) is 5.89 Å². The summed E-state index contributed by atoms with van der Waals surface area (Å²) in [5.41, 5.74) is 0.991. The highest BCUT2D eigenvalue weighted by Crippen LogP contribution is 2.15. The Bertz CT molecular complexity index is 1390. The number of imidazole rings is 1. The lowest BCUT2D eigenvalue weighted by Crippen LogP contribution is -2.41. The van der Waals surface area contributed by atoms with Crippen LogP contribution in [0.25, 0.3) is 16.9 Å². The van der Waals surface area contributed by atoms with Crippen LogP contribution < -0.4 is 11.2 Å². The number of carbonyl (C=O) groups is 1. The van der Waals surface area contributed by atoms with E-state index in [1.165, 1.54) is 35.9 Å². The SMILES string of the molecule is COCCn1c(=O)c2c(ncn2Cc2nc(C(=O)OC)co2)n(-c2ccc(C)cc2)c1=O. The molecule has 4 rings (SSSR count). The molecule has 0 atom stereocenters. The summed E-state index contributed by atoms with van der Waals surface area (Å²) in [7, 11) is 2.74. The fourth-order valence-corrected chi connectivity index (χ4v) is 3.33. The van der Waals surface area contributed by atoms with Gasteiger partial charge in [-0.1, -0.05) is 17.7 Å². The topological polar surface area (TPSA) is 123 Å². The van der Waals surface area contributed by atoms with Gasteiger partial charge in [-0.25, -0.2) is 24.1 Å². The maximum absolute atomic E-state index is 13.2. The van der Waals surface area contributed by atoms with Gasteiger partial charge >= 0.3 is 11.7 Å². The number of aryl methyl sites for hydroxylation is 1. The van der Waals surface area contributed by atoms with Crippen molar-refractivity contribution < 1.29 is 18.7 Å². The van der Waals surface area contributed by atoms with Gasteiger partial charge in [0.15, 0.2) is 16.9 Å². The third-order valence-electron chi connectivity index (χ3n) is 4.96. The van der Waals surface area contributed by atoms with Crippen LogP contribution in [0, 0.1) is 6.92 Å². The Kier molecular flexibility index (Phi) is 5.73. The minimum atomic E-state index is -0.634. The van der Waals surface area contributed by atoms with Crippen LogP contribution in [0.15, 0.2) is 50.9 Å². The van der Waals surface area contributed by atoms with Gasteiger partial charge in [0.05, 0.1) is 32.3 Å². The number of oxazole rings is 1. The number of carbonyl (C=O) groups excluding carboxylic acids is 1. The fourth-order valence-electron chi connectivity index (χ4n) is 3.33. The first kappa shape index (κ1) is 21.2. The molecule has 0 radical (unpaired) electrons. The molecule has 0 aliphatic carbocycles. The second-order valence-electron chi connectivity index (χ2n) is 7.07. The molecule has 0 fully saturated rings. The number of fused-ring (bicyclic) bond motifs is 1. The number of rotatable bonds is 7. The molecule has 32 heavy (non-hydrogen) atoms. The number of aromatic nitrogens is 5. The number of esters is 1. The van der Waals surface area contributed by atoms with Crippen molar-refractivity contribution in [1.29, 1.82) is 0 Å². The van der Waals surface area contributed by atoms with Crippen molar-refractivity contribution in [3.63, 3.8) is 0 Å². The zero-order chi connectivity index (χ0) is 22.8. The highest BCUT2D eigenvalue weighted by atomic mass is 16.5. The first-order valence-corrected chi connectivity index (χ1v) is 9.74. The molecule has 0 N–H and O–H groups in total. The molecule has 1 aromatic carbocycles. The van der Waals surface area contributed by atoms with Gasteiger partial charge in [-0.15, -0.1) is 0 Å². The van der Waals surface area contributed by atoms with E-state index in [1.807, 2.05) is 19.1 Å². The van der Waals surface area contributed by atoms with Gasteiger partial charge in [0, 0.05) is 7.11 Å². The number of hydrogen-bond donors (Lipinski definition) is 0. The van der Waals surface area contributed by atoms with Gasteiger partial charge in [0.1, 0.15) is 12.8 Å². The van der Waals surface area contributed by atoms with Crippen LogP contribution in [0.4, 0.5) is 0 Å². The summed E-state index contributed by atoms with van der Waals surface area (Å²) in [6.07, 6.45) is 2.61. The van der Waals surface area contributed by atoms with Crippen LogP contribution in [-0.4, -0.2) is 50.5 Å². The van der Waals surface area contributed by atoms with Gasteiger partial charge < -0.3 is 18.5 Å². The minimum absolute atomic E-state index is 0.0148. The quantitative estimate of drug-likeness (QED) is 0.393. The second kappa shape index (κ2) is 8.63. The molecule has 0 unspecified atom stereocenters. The maximum atomic E-state index is 13.2. The summed E-state index contributed by atoms with van der Waals surface area (Å²) in [6.45, 7) is 2.23. The molecule has 0 spiro atoms. The Morgan fingerprint density at radius 2 is 1.91 bits per heavy atom. The lowest BCUT2D eigenvalue weighted by atomic mass is 10.2. The fraction of sp³-hybridized carbons (Fsp3) is 0.286. The number of ether oxygens (including phenoxy) is 2. The summed E-state index contributed by atoms with van der Waals surface area (Å²) in [6, 6.07) is 7.32. The summed E-state index contributed by atoms with van der Waals surface area (Å²) in [5, 5.41) is 0. The van der Waals surface area contributed by atoms with E-state index >= 15 is 0 Å². The highest BCUT2D eigenvalue weighted by molar-refractivity contribution is 5.86. The average Bonchev–Trinajstić information content (AvgIpc) is 3.42. The Hall–Kier alpha value is -3.99. The number of hydrogen-bond acceptors (Lipinski definition) is 8. The largest absolute Gasteiger partial charge is 0.464 e. The van der Waals surface area contributed by atoms with E-state index in [1.54, 1.807) is 12.1 Å². The average molecular weight is 439 g/mol. The number of benzene rings is 1. The zero-order valence-corrected chi connectivity index (χ0v) is 17.8. The van der Waals surface area contributed by atoms with Crippen LogP contribution in [0.3, 0.4) is 0 Å². The van der Waals surface area contributed by atoms with Crippen molar-refractivity contribution in [2.75, 3.05) is 20.8 Å². The van der Waals surface area contributed by atoms with Gasteiger partial charge in [-0.2, -0.15) is 0 Å². The molecule has 11 nitrogen and oxygen atoms in total. The van der Waals surface area contributed by atoms with E-state index in [9.17, 15) is 14.4 Å². The third kappa shape index (κ3) is 3.73. The van der Waals surface area contributed by atoms with Crippen molar-refractivity contribution in [3.05, 3.63) is 74.8 Å². The van der Waals surface area contributed by atoms with Gasteiger partial charge in [-0.3, -0.25) is 9.36 Å². The van der Waals surface area contributed by atoms with E-state index in [4.69, 9.17) is 9.15 Å². The van der Waals surface area contributed by atoms with E-state index in [2.05, 4.69) is 14.7 Å². The van der Waals surface area contributed by atoms with E-state index in [0.29, 0.717) is 5.69 Å². The third-order valence-corrected chi connectivity index (χ3v) is 4.96. The van der Waals surface area contributed by atoms with Crippen molar-refractivity contribution in [2.45, 2.75) is 20.0 Å². The first-order chi connectivity index (χ1) is 15.4. The van der Waals surface area contributed by atoms with Crippen molar-refractivity contribution >= 4 is 17.1 Å². The highest BCUT2D eigenvalue weighted by Gasteiger charge is 2.20. The molecule has 0 amide bonds. The van der Waals surface area contributed by atoms with Crippen LogP contribution in [0.2, 0.25) is 0 Å². The van der Waals surface area contributed by atoms with Gasteiger partial charge in [0.25, 0.3) is 5.56 Å². The molecule has 0 aliphatic rings. The number of methoxy groups -OCH3 is 2. The molecule has 4 aromatic rings. The second-order valence-corrected chi connectivity index (χ2v) is 7.07. The van der Waals surface area contributed by atoms with Crippen LogP contribution in [0.5, 0.6) is 0 Å². The summed E-state index contributed by atoms with van der Waals surface area (Å²) >= 11 is 0.